The van der Waals surface area contributed by atoms with Gasteiger partial charge in [-0.25, -0.2) is 9.97 Å². The van der Waals surface area contributed by atoms with E-state index in [0.29, 0.717) is 0 Å². The molecule has 1 aromatic heterocycles. The summed E-state index contributed by atoms with van der Waals surface area (Å²) in [4.78, 5) is 10.2. The van der Waals surface area contributed by atoms with Crippen molar-refractivity contribution in [3.8, 4) is 67.3 Å². The van der Waals surface area contributed by atoms with Gasteiger partial charge in [0.25, 0.3) is 0 Å². The Balaban J connectivity index is 1.08. The monoisotopic (exact) mass is 676 g/mol. The molecule has 0 bridgehead atoms. The summed E-state index contributed by atoms with van der Waals surface area (Å²) >= 11 is 0. The molecule has 0 saturated carbocycles. The van der Waals surface area contributed by atoms with Crippen LogP contribution in [0.5, 0.6) is 0 Å². The number of nitrogens with zero attached hydrogens (tertiary/aromatic N) is 2. The second-order valence-electron chi connectivity index (χ2n) is 14.5. The molecular formula is C51H36N2. The number of benzene rings is 8. The molecule has 0 unspecified atom stereocenters. The van der Waals surface area contributed by atoms with E-state index in [0.717, 1.165) is 39.3 Å². The fourth-order valence-electron chi connectivity index (χ4n) is 8.45. The van der Waals surface area contributed by atoms with Crippen LogP contribution in [0.25, 0.3) is 88.8 Å². The van der Waals surface area contributed by atoms with Crippen molar-refractivity contribution in [3.05, 3.63) is 193 Å². The van der Waals surface area contributed by atoms with E-state index in [2.05, 4.69) is 172 Å². The minimum atomic E-state index is -0.0707. The van der Waals surface area contributed by atoms with Crippen molar-refractivity contribution in [1.29, 1.82) is 0 Å². The predicted octanol–water partition coefficient (Wildman–Crippen LogP) is 13.4. The van der Waals surface area contributed by atoms with Crippen molar-refractivity contribution >= 4 is 21.5 Å². The van der Waals surface area contributed by atoms with Crippen LogP contribution in [0.15, 0.2) is 182 Å². The summed E-state index contributed by atoms with van der Waals surface area (Å²) in [7, 11) is 0. The molecule has 1 heterocycles. The van der Waals surface area contributed by atoms with Crippen LogP contribution in [-0.2, 0) is 5.41 Å². The summed E-state index contributed by atoms with van der Waals surface area (Å²) in [6.45, 7) is 4.72. The third-order valence-corrected chi connectivity index (χ3v) is 11.1. The van der Waals surface area contributed by atoms with E-state index >= 15 is 0 Å². The minimum Gasteiger partial charge on any atom is -0.228 e. The average Bonchev–Trinajstić information content (AvgIpc) is 3.47. The Kier molecular flexibility index (Phi) is 7.19. The molecule has 0 fully saturated rings. The molecule has 53 heavy (non-hydrogen) atoms. The van der Waals surface area contributed by atoms with Crippen LogP contribution >= 0.6 is 0 Å². The summed E-state index contributed by atoms with van der Waals surface area (Å²) in [6, 6.07) is 65.3. The van der Waals surface area contributed by atoms with Crippen molar-refractivity contribution in [2.75, 3.05) is 0 Å². The molecule has 0 atom stereocenters. The first kappa shape index (κ1) is 31.1. The lowest BCUT2D eigenvalue weighted by Crippen LogP contribution is -2.14. The maximum Gasteiger partial charge on any atom is 0.160 e. The zero-order valence-electron chi connectivity index (χ0n) is 29.7. The van der Waals surface area contributed by atoms with Crippen LogP contribution in [0, 0.1) is 0 Å². The molecule has 2 nitrogen and oxygen atoms in total. The van der Waals surface area contributed by atoms with Crippen molar-refractivity contribution in [2.45, 2.75) is 19.3 Å². The first-order valence-corrected chi connectivity index (χ1v) is 18.3. The summed E-state index contributed by atoms with van der Waals surface area (Å²) in [5, 5.41) is 4.96. The smallest absolute Gasteiger partial charge is 0.160 e. The second kappa shape index (κ2) is 12.3. The van der Waals surface area contributed by atoms with E-state index in [-0.39, 0.29) is 5.41 Å². The quantitative estimate of drug-likeness (QED) is 0.181. The molecule has 0 aliphatic heterocycles. The van der Waals surface area contributed by atoms with E-state index in [1.807, 2.05) is 24.3 Å². The van der Waals surface area contributed by atoms with Crippen molar-refractivity contribution in [3.63, 3.8) is 0 Å². The third kappa shape index (κ3) is 5.10. The molecular weight excluding hydrogens is 641 g/mol. The van der Waals surface area contributed by atoms with Crippen LogP contribution in [0.2, 0.25) is 0 Å². The molecule has 8 aromatic carbocycles. The van der Waals surface area contributed by atoms with E-state index in [9.17, 15) is 0 Å². The number of hydrogen-bond acceptors (Lipinski definition) is 2. The Labute approximate surface area is 310 Å². The lowest BCUT2D eigenvalue weighted by molar-refractivity contribution is 0.661. The predicted molar refractivity (Wildman–Crippen MR) is 222 cm³/mol. The summed E-state index contributed by atoms with van der Waals surface area (Å²) in [5.41, 5.74) is 15.3. The van der Waals surface area contributed by atoms with Crippen LogP contribution in [0.1, 0.15) is 25.0 Å². The zero-order valence-corrected chi connectivity index (χ0v) is 29.7. The number of rotatable bonds is 5. The summed E-state index contributed by atoms with van der Waals surface area (Å²) < 4.78 is 0. The van der Waals surface area contributed by atoms with Crippen molar-refractivity contribution < 1.29 is 0 Å². The van der Waals surface area contributed by atoms with E-state index in [4.69, 9.17) is 9.97 Å². The zero-order chi connectivity index (χ0) is 35.5. The maximum absolute atomic E-state index is 5.16. The highest BCUT2D eigenvalue weighted by Crippen LogP contribution is 2.54. The normalized spacial score (nSPS) is 12.9. The van der Waals surface area contributed by atoms with Gasteiger partial charge < -0.3 is 0 Å². The van der Waals surface area contributed by atoms with Gasteiger partial charge in [0, 0.05) is 22.1 Å². The van der Waals surface area contributed by atoms with Crippen molar-refractivity contribution in [1.82, 2.24) is 9.97 Å². The fourth-order valence-corrected chi connectivity index (χ4v) is 8.45. The van der Waals surface area contributed by atoms with Crippen LogP contribution < -0.4 is 0 Å². The van der Waals surface area contributed by atoms with Gasteiger partial charge >= 0.3 is 0 Å². The first-order valence-electron chi connectivity index (χ1n) is 18.3. The third-order valence-electron chi connectivity index (χ3n) is 11.1. The lowest BCUT2D eigenvalue weighted by atomic mass is 9.81. The number of hydrogen-bond donors (Lipinski definition) is 0. The van der Waals surface area contributed by atoms with Crippen molar-refractivity contribution in [2.24, 2.45) is 0 Å². The van der Waals surface area contributed by atoms with Gasteiger partial charge in [-0.05, 0) is 72.1 Å². The number of fused-ring (bicyclic) bond motifs is 6. The van der Waals surface area contributed by atoms with Gasteiger partial charge in [0.05, 0.1) is 11.4 Å². The van der Waals surface area contributed by atoms with Gasteiger partial charge in [-0.1, -0.05) is 190 Å². The topological polar surface area (TPSA) is 25.8 Å². The van der Waals surface area contributed by atoms with E-state index in [1.165, 1.54) is 60.7 Å². The van der Waals surface area contributed by atoms with Crippen LogP contribution in [-0.4, -0.2) is 9.97 Å². The summed E-state index contributed by atoms with van der Waals surface area (Å²) in [6.07, 6.45) is 0. The largest absolute Gasteiger partial charge is 0.228 e. The molecule has 250 valence electrons. The van der Waals surface area contributed by atoms with Gasteiger partial charge in [-0.2, -0.15) is 0 Å². The molecule has 0 radical (unpaired) electrons. The Bertz CT molecular complexity index is 2780. The molecule has 10 rings (SSSR count). The molecule has 0 N–H and O–H groups in total. The lowest BCUT2D eigenvalue weighted by Gasteiger charge is -2.21. The van der Waals surface area contributed by atoms with E-state index < -0.39 is 0 Å². The SMILES string of the molecule is CC1(C)c2cccc(-c3ccc(-c4ccc(-c5cc(-c6ccccc6)nc(-c6ccccc6)n5)c5ccccc45)cc3)c2-c2c1ccc1ccccc21. The number of aromatic nitrogens is 2. The molecule has 2 heteroatoms. The maximum atomic E-state index is 5.16. The standard InChI is InChI=1S/C51H36N2/c1-51(2)44-23-13-22-40(48(44)49-39-19-10-9-14-33(39)28-31-45(49)51)35-26-24-34(25-27-35)38-29-30-43(42-21-12-11-20-41(38)42)47-32-46(36-15-5-3-6-16-36)52-50(53-47)37-17-7-4-8-18-37/h3-32H,1-2H3. The highest BCUT2D eigenvalue weighted by Gasteiger charge is 2.37. The Morgan fingerprint density at radius 1 is 0.358 bits per heavy atom. The van der Waals surface area contributed by atoms with Crippen LogP contribution in [0.4, 0.5) is 0 Å². The highest BCUT2D eigenvalue weighted by atomic mass is 14.9. The van der Waals surface area contributed by atoms with Gasteiger partial charge in [-0.15, -0.1) is 0 Å². The fraction of sp³-hybridized carbons (Fsp3) is 0.0588. The molecule has 0 saturated heterocycles. The Morgan fingerprint density at radius 2 is 0.925 bits per heavy atom. The molecule has 0 amide bonds. The van der Waals surface area contributed by atoms with Gasteiger partial charge in [0.15, 0.2) is 5.82 Å². The Morgan fingerprint density at radius 3 is 1.66 bits per heavy atom. The molecule has 9 aromatic rings. The molecule has 1 aliphatic carbocycles. The average molecular weight is 677 g/mol. The van der Waals surface area contributed by atoms with Crippen LogP contribution in [0.3, 0.4) is 0 Å². The second-order valence-corrected chi connectivity index (χ2v) is 14.5. The first-order chi connectivity index (χ1) is 26.0. The van der Waals surface area contributed by atoms with Gasteiger partial charge in [0.1, 0.15) is 0 Å². The summed E-state index contributed by atoms with van der Waals surface area (Å²) in [5.74, 6) is 0.720. The molecule has 1 aliphatic rings. The Hall–Kier alpha value is -6.64. The van der Waals surface area contributed by atoms with Gasteiger partial charge in [0.2, 0.25) is 0 Å². The van der Waals surface area contributed by atoms with E-state index in [1.54, 1.807) is 0 Å². The highest BCUT2D eigenvalue weighted by molar-refractivity contribution is 6.07. The molecule has 0 spiro atoms. The minimum absolute atomic E-state index is 0.0707. The van der Waals surface area contributed by atoms with Gasteiger partial charge in [-0.3, -0.25) is 0 Å².